The van der Waals surface area contributed by atoms with Crippen LogP contribution in [0.4, 0.5) is 0 Å². The summed E-state index contributed by atoms with van der Waals surface area (Å²) in [4.78, 5) is 31.8. The summed E-state index contributed by atoms with van der Waals surface area (Å²) >= 11 is 0. The van der Waals surface area contributed by atoms with Gasteiger partial charge >= 0.3 is 0 Å². The van der Waals surface area contributed by atoms with Gasteiger partial charge in [-0.05, 0) is 25.7 Å². The van der Waals surface area contributed by atoms with Gasteiger partial charge in [0.1, 0.15) is 17.1 Å². The molecule has 1 atom stereocenters. The van der Waals surface area contributed by atoms with Crippen LogP contribution in [0.1, 0.15) is 42.0 Å². The standard InChI is InChI=1S/C16H23N5O2/c22-14(12-11-20-10-8-17-7-3-13(20)19-12)21-9-2-5-16(21)4-1-6-18-15(16)23/h11,17H,1-10H2,(H,18,23). The molecule has 23 heavy (non-hydrogen) atoms. The van der Waals surface area contributed by atoms with E-state index in [2.05, 4.69) is 20.2 Å². The van der Waals surface area contributed by atoms with Crippen LogP contribution in [0.15, 0.2) is 6.20 Å². The highest BCUT2D eigenvalue weighted by Gasteiger charge is 2.50. The molecule has 1 spiro atoms. The molecule has 0 saturated carbocycles. The number of nitrogens with zero attached hydrogens (tertiary/aromatic N) is 3. The van der Waals surface area contributed by atoms with E-state index in [1.165, 1.54) is 0 Å². The molecule has 2 fully saturated rings. The molecule has 0 aromatic carbocycles. The highest BCUT2D eigenvalue weighted by molar-refractivity contribution is 5.98. The third-order valence-electron chi connectivity index (χ3n) is 5.34. The number of aromatic nitrogens is 2. The lowest BCUT2D eigenvalue weighted by Crippen LogP contribution is -2.60. The lowest BCUT2D eigenvalue weighted by molar-refractivity contribution is -0.133. The Bertz CT molecular complexity index is 617. The minimum atomic E-state index is -0.641. The van der Waals surface area contributed by atoms with Crippen molar-refractivity contribution in [3.05, 3.63) is 17.7 Å². The quantitative estimate of drug-likeness (QED) is 0.759. The van der Waals surface area contributed by atoms with Crippen LogP contribution in [-0.2, 0) is 17.8 Å². The van der Waals surface area contributed by atoms with E-state index in [0.29, 0.717) is 18.8 Å². The Morgan fingerprint density at radius 1 is 1.17 bits per heavy atom. The van der Waals surface area contributed by atoms with Crippen molar-refractivity contribution in [1.82, 2.24) is 25.1 Å². The molecule has 2 N–H and O–H groups in total. The first-order valence-electron chi connectivity index (χ1n) is 8.58. The molecule has 4 rings (SSSR count). The van der Waals surface area contributed by atoms with Gasteiger partial charge in [0.05, 0.1) is 0 Å². The van der Waals surface area contributed by atoms with E-state index < -0.39 is 5.54 Å². The van der Waals surface area contributed by atoms with E-state index in [4.69, 9.17) is 0 Å². The molecule has 3 aliphatic heterocycles. The first-order chi connectivity index (χ1) is 11.2. The zero-order valence-electron chi connectivity index (χ0n) is 13.3. The van der Waals surface area contributed by atoms with E-state index in [9.17, 15) is 9.59 Å². The second kappa shape index (κ2) is 5.63. The van der Waals surface area contributed by atoms with Crippen molar-refractivity contribution in [2.24, 2.45) is 0 Å². The Kier molecular flexibility index (Phi) is 3.60. The number of carbonyl (C=O) groups excluding carboxylic acids is 2. The van der Waals surface area contributed by atoms with E-state index in [0.717, 1.165) is 57.6 Å². The molecule has 1 aromatic rings. The summed E-state index contributed by atoms with van der Waals surface area (Å²) in [7, 11) is 0. The number of hydrogen-bond donors (Lipinski definition) is 2. The Labute approximate surface area is 135 Å². The molecule has 1 unspecified atom stereocenters. The molecule has 0 bridgehead atoms. The maximum absolute atomic E-state index is 13.0. The van der Waals surface area contributed by atoms with Crippen LogP contribution in [0.3, 0.4) is 0 Å². The van der Waals surface area contributed by atoms with Crippen molar-refractivity contribution in [2.75, 3.05) is 26.2 Å². The lowest BCUT2D eigenvalue weighted by atomic mass is 9.86. The topological polar surface area (TPSA) is 79.3 Å². The second-order valence-corrected chi connectivity index (χ2v) is 6.69. The Morgan fingerprint density at radius 3 is 2.91 bits per heavy atom. The fourth-order valence-corrected chi connectivity index (χ4v) is 4.14. The summed E-state index contributed by atoms with van der Waals surface area (Å²) in [5.74, 6) is 0.882. The van der Waals surface area contributed by atoms with Gasteiger partial charge in [0, 0.05) is 45.3 Å². The molecule has 0 aliphatic carbocycles. The molecule has 124 valence electrons. The number of likely N-dealkylation sites (tertiary alicyclic amines) is 1. The van der Waals surface area contributed by atoms with Crippen LogP contribution in [0.5, 0.6) is 0 Å². The fraction of sp³-hybridized carbons (Fsp3) is 0.688. The van der Waals surface area contributed by atoms with Crippen molar-refractivity contribution in [3.8, 4) is 0 Å². The van der Waals surface area contributed by atoms with Gasteiger partial charge in [-0.2, -0.15) is 0 Å². The molecule has 4 heterocycles. The first-order valence-corrected chi connectivity index (χ1v) is 8.58. The average Bonchev–Trinajstić information content (AvgIpc) is 3.09. The van der Waals surface area contributed by atoms with Gasteiger partial charge in [-0.1, -0.05) is 0 Å². The van der Waals surface area contributed by atoms with Crippen LogP contribution in [0.2, 0.25) is 0 Å². The fourth-order valence-electron chi connectivity index (χ4n) is 4.14. The molecular weight excluding hydrogens is 294 g/mol. The molecule has 2 saturated heterocycles. The number of amides is 2. The van der Waals surface area contributed by atoms with E-state index in [-0.39, 0.29) is 11.8 Å². The SMILES string of the molecule is O=C(c1cn2c(n1)CCNCC2)N1CCCC12CCCNC2=O. The minimum absolute atomic E-state index is 0.0135. The maximum Gasteiger partial charge on any atom is 0.274 e. The van der Waals surface area contributed by atoms with Crippen LogP contribution in [0, 0.1) is 0 Å². The van der Waals surface area contributed by atoms with Gasteiger partial charge in [-0.3, -0.25) is 9.59 Å². The zero-order valence-corrected chi connectivity index (χ0v) is 13.3. The van der Waals surface area contributed by atoms with Gasteiger partial charge in [0.15, 0.2) is 0 Å². The largest absolute Gasteiger partial charge is 0.354 e. The van der Waals surface area contributed by atoms with Crippen molar-refractivity contribution >= 4 is 11.8 Å². The minimum Gasteiger partial charge on any atom is -0.354 e. The van der Waals surface area contributed by atoms with Gasteiger partial charge in [-0.25, -0.2) is 4.98 Å². The van der Waals surface area contributed by atoms with Crippen LogP contribution in [-0.4, -0.2) is 58.0 Å². The maximum atomic E-state index is 13.0. The molecule has 0 radical (unpaired) electrons. The number of fused-ring (bicyclic) bond motifs is 1. The predicted molar refractivity (Wildman–Crippen MR) is 84.0 cm³/mol. The number of carbonyl (C=O) groups is 2. The number of rotatable bonds is 1. The van der Waals surface area contributed by atoms with Gasteiger partial charge in [-0.15, -0.1) is 0 Å². The van der Waals surface area contributed by atoms with Crippen LogP contribution >= 0.6 is 0 Å². The molecule has 7 heteroatoms. The Balaban J connectivity index is 1.62. The summed E-state index contributed by atoms with van der Waals surface area (Å²) in [6.07, 6.45) is 6.04. The molecule has 7 nitrogen and oxygen atoms in total. The summed E-state index contributed by atoms with van der Waals surface area (Å²) in [6.45, 7) is 3.99. The molecule has 2 amide bonds. The van der Waals surface area contributed by atoms with Crippen molar-refractivity contribution < 1.29 is 9.59 Å². The summed E-state index contributed by atoms with van der Waals surface area (Å²) in [5.41, 5.74) is -0.153. The number of imidazole rings is 1. The second-order valence-electron chi connectivity index (χ2n) is 6.69. The number of hydrogen-bond acceptors (Lipinski definition) is 4. The molecular formula is C16H23N5O2. The summed E-state index contributed by atoms with van der Waals surface area (Å²) in [6, 6.07) is 0. The van der Waals surface area contributed by atoms with Gasteiger partial charge in [0.2, 0.25) is 5.91 Å². The van der Waals surface area contributed by atoms with E-state index in [1.54, 1.807) is 4.90 Å². The molecule has 1 aromatic heterocycles. The third-order valence-corrected chi connectivity index (χ3v) is 5.34. The monoisotopic (exact) mass is 317 g/mol. The normalized spacial score (nSPS) is 27.7. The molecule has 3 aliphatic rings. The van der Waals surface area contributed by atoms with Crippen molar-refractivity contribution in [2.45, 2.75) is 44.2 Å². The predicted octanol–water partition coefficient (Wildman–Crippen LogP) is -0.0864. The summed E-state index contributed by atoms with van der Waals surface area (Å²) in [5, 5.41) is 6.27. The third kappa shape index (κ3) is 2.34. The lowest BCUT2D eigenvalue weighted by Gasteiger charge is -2.39. The van der Waals surface area contributed by atoms with Gasteiger partial charge in [0.25, 0.3) is 5.91 Å². The van der Waals surface area contributed by atoms with Crippen LogP contribution in [0.25, 0.3) is 0 Å². The summed E-state index contributed by atoms with van der Waals surface area (Å²) < 4.78 is 2.07. The van der Waals surface area contributed by atoms with E-state index in [1.807, 2.05) is 6.20 Å². The number of nitrogens with one attached hydrogen (secondary N) is 2. The smallest absolute Gasteiger partial charge is 0.274 e. The Morgan fingerprint density at radius 2 is 2.04 bits per heavy atom. The highest BCUT2D eigenvalue weighted by Crippen LogP contribution is 2.36. The Hall–Kier alpha value is -1.89. The highest BCUT2D eigenvalue weighted by atomic mass is 16.2. The van der Waals surface area contributed by atoms with Crippen molar-refractivity contribution in [3.63, 3.8) is 0 Å². The first kappa shape index (κ1) is 14.7. The number of piperidine rings is 1. The van der Waals surface area contributed by atoms with E-state index >= 15 is 0 Å². The van der Waals surface area contributed by atoms with Crippen LogP contribution < -0.4 is 10.6 Å². The van der Waals surface area contributed by atoms with Crippen molar-refractivity contribution in [1.29, 1.82) is 0 Å². The average molecular weight is 317 g/mol. The zero-order chi connectivity index (χ0) is 15.9. The van der Waals surface area contributed by atoms with Gasteiger partial charge < -0.3 is 20.1 Å².